The van der Waals surface area contributed by atoms with E-state index in [2.05, 4.69) is 170 Å². The van der Waals surface area contributed by atoms with Gasteiger partial charge in [0.1, 0.15) is 11.2 Å². The van der Waals surface area contributed by atoms with Crippen LogP contribution in [0.2, 0.25) is 0 Å². The molecule has 9 aromatic carbocycles. The van der Waals surface area contributed by atoms with E-state index in [-0.39, 0.29) is 0 Å². The molecular formula is C60H35N3OS. The Morgan fingerprint density at radius 3 is 1.85 bits per heavy atom. The summed E-state index contributed by atoms with van der Waals surface area (Å²) in [6.07, 6.45) is 0. The van der Waals surface area contributed by atoms with Crippen LogP contribution in [0.25, 0.3) is 99.9 Å². The molecule has 0 atom stereocenters. The summed E-state index contributed by atoms with van der Waals surface area (Å²) in [6.45, 7) is 0. The molecule has 0 amide bonds. The largest absolute Gasteiger partial charge is 0.456 e. The fraction of sp³-hybridized carbons (Fsp3) is 0.0167. The summed E-state index contributed by atoms with van der Waals surface area (Å²) >= 11 is 1.87. The average molecular weight is 846 g/mol. The zero-order chi connectivity index (χ0) is 42.6. The molecule has 1 spiro atoms. The highest BCUT2D eigenvalue weighted by molar-refractivity contribution is 7.99. The van der Waals surface area contributed by atoms with Crippen LogP contribution in [-0.2, 0) is 5.41 Å². The molecule has 0 unspecified atom stereocenters. The van der Waals surface area contributed by atoms with Gasteiger partial charge in [-0.25, -0.2) is 15.0 Å². The Morgan fingerprint density at radius 2 is 1.00 bits per heavy atom. The van der Waals surface area contributed by atoms with E-state index in [0.29, 0.717) is 5.82 Å². The number of rotatable bonds is 4. The molecule has 12 aromatic rings. The summed E-state index contributed by atoms with van der Waals surface area (Å²) in [5.41, 5.74) is 16.6. The number of nitrogens with zero attached hydrogens (tertiary/aromatic N) is 3. The minimum Gasteiger partial charge on any atom is -0.456 e. The molecule has 4 nitrogen and oxygen atoms in total. The van der Waals surface area contributed by atoms with Gasteiger partial charge in [-0.15, -0.1) is 0 Å². The first-order chi connectivity index (χ1) is 32.2. The molecule has 0 N–H and O–H groups in total. The second-order valence-electron chi connectivity index (χ2n) is 17.0. The second kappa shape index (κ2) is 13.9. The van der Waals surface area contributed by atoms with Crippen molar-refractivity contribution in [2.24, 2.45) is 0 Å². The lowest BCUT2D eigenvalue weighted by molar-refractivity contribution is 0.669. The molecule has 4 heterocycles. The minimum absolute atomic E-state index is 0.475. The van der Waals surface area contributed by atoms with Gasteiger partial charge >= 0.3 is 0 Å². The maximum atomic E-state index is 6.33. The molecule has 14 rings (SSSR count). The third-order valence-electron chi connectivity index (χ3n) is 13.5. The first kappa shape index (κ1) is 36.4. The van der Waals surface area contributed by atoms with Crippen molar-refractivity contribution in [1.82, 2.24) is 15.0 Å². The van der Waals surface area contributed by atoms with Crippen molar-refractivity contribution < 1.29 is 4.42 Å². The van der Waals surface area contributed by atoms with Crippen molar-refractivity contribution in [2.75, 3.05) is 0 Å². The van der Waals surface area contributed by atoms with Crippen molar-refractivity contribution in [1.29, 1.82) is 0 Å². The quantitative estimate of drug-likeness (QED) is 0.165. The molecule has 0 bridgehead atoms. The van der Waals surface area contributed by atoms with E-state index < -0.39 is 5.41 Å². The van der Waals surface area contributed by atoms with Crippen LogP contribution >= 0.6 is 11.8 Å². The van der Waals surface area contributed by atoms with E-state index in [1.54, 1.807) is 0 Å². The summed E-state index contributed by atoms with van der Waals surface area (Å²) in [5, 5.41) is 5.55. The Bertz CT molecular complexity index is 3900. The molecule has 3 aromatic heterocycles. The highest BCUT2D eigenvalue weighted by atomic mass is 32.2. The summed E-state index contributed by atoms with van der Waals surface area (Å²) in [6, 6.07) is 76.0. The monoisotopic (exact) mass is 845 g/mol. The average Bonchev–Trinajstić information content (AvgIpc) is 3.90. The van der Waals surface area contributed by atoms with Crippen LogP contribution < -0.4 is 0 Å². The Hall–Kier alpha value is -8.12. The molecule has 5 heteroatoms. The predicted octanol–water partition coefficient (Wildman–Crippen LogP) is 15.6. The number of hydrogen-bond acceptors (Lipinski definition) is 5. The first-order valence-corrected chi connectivity index (χ1v) is 22.8. The molecule has 302 valence electrons. The van der Waals surface area contributed by atoms with Gasteiger partial charge in [-0.1, -0.05) is 176 Å². The van der Waals surface area contributed by atoms with E-state index in [4.69, 9.17) is 19.4 Å². The SMILES string of the molecule is c1ccc(-c2nc(-c3cccc(-c4nc5ccccc5c5cc6c(cc45)Sc4ccccc4C64c5ccccc5-c5ccccc54)c3)cc(-c3cccc4oc5ccccc5c34)n2)cc1. The van der Waals surface area contributed by atoms with Crippen LogP contribution in [0.15, 0.2) is 227 Å². The van der Waals surface area contributed by atoms with Gasteiger partial charge in [-0.05, 0) is 87.3 Å². The number of benzene rings is 9. The fourth-order valence-corrected chi connectivity index (χ4v) is 12.0. The normalized spacial score (nSPS) is 13.3. The van der Waals surface area contributed by atoms with Crippen LogP contribution in [0.3, 0.4) is 0 Å². The zero-order valence-corrected chi connectivity index (χ0v) is 35.7. The number of para-hydroxylation sites is 2. The van der Waals surface area contributed by atoms with E-state index in [1.807, 2.05) is 54.2 Å². The number of aromatic nitrogens is 3. The lowest BCUT2D eigenvalue weighted by atomic mass is 9.67. The van der Waals surface area contributed by atoms with Crippen molar-refractivity contribution in [3.63, 3.8) is 0 Å². The van der Waals surface area contributed by atoms with Crippen molar-refractivity contribution in [2.45, 2.75) is 15.2 Å². The Kier molecular flexibility index (Phi) is 7.80. The Balaban J connectivity index is 0.997. The van der Waals surface area contributed by atoms with E-state index in [9.17, 15) is 0 Å². The van der Waals surface area contributed by atoms with E-state index >= 15 is 0 Å². The van der Waals surface area contributed by atoms with Gasteiger partial charge < -0.3 is 4.42 Å². The Morgan fingerprint density at radius 1 is 0.369 bits per heavy atom. The maximum absolute atomic E-state index is 6.33. The summed E-state index contributed by atoms with van der Waals surface area (Å²) in [4.78, 5) is 18.5. The molecule has 1 aliphatic heterocycles. The molecule has 0 saturated carbocycles. The second-order valence-corrected chi connectivity index (χ2v) is 18.1. The van der Waals surface area contributed by atoms with Crippen LogP contribution in [0, 0.1) is 0 Å². The van der Waals surface area contributed by atoms with Crippen molar-refractivity contribution in [3.05, 3.63) is 235 Å². The van der Waals surface area contributed by atoms with Gasteiger partial charge in [-0.3, -0.25) is 0 Å². The van der Waals surface area contributed by atoms with E-state index in [1.165, 1.54) is 48.6 Å². The van der Waals surface area contributed by atoms with Gasteiger partial charge in [0, 0.05) is 53.6 Å². The van der Waals surface area contributed by atoms with Crippen LogP contribution in [0.4, 0.5) is 0 Å². The lowest BCUT2D eigenvalue weighted by Gasteiger charge is -2.40. The van der Waals surface area contributed by atoms with Gasteiger partial charge in [-0.2, -0.15) is 0 Å². The molecule has 1 aliphatic carbocycles. The first-order valence-electron chi connectivity index (χ1n) is 22.0. The molecule has 0 radical (unpaired) electrons. The summed E-state index contributed by atoms with van der Waals surface area (Å²) in [5.74, 6) is 0.663. The van der Waals surface area contributed by atoms with Crippen LogP contribution in [-0.4, -0.2) is 15.0 Å². The van der Waals surface area contributed by atoms with Gasteiger partial charge in [0.05, 0.1) is 28.0 Å². The number of furan rings is 1. The third-order valence-corrected chi connectivity index (χ3v) is 14.7. The molecular weight excluding hydrogens is 811 g/mol. The Labute approximate surface area is 378 Å². The van der Waals surface area contributed by atoms with Gasteiger partial charge in [0.25, 0.3) is 0 Å². The highest BCUT2D eigenvalue weighted by Gasteiger charge is 2.50. The highest BCUT2D eigenvalue weighted by Crippen LogP contribution is 2.62. The van der Waals surface area contributed by atoms with Crippen molar-refractivity contribution in [3.8, 4) is 56.3 Å². The number of pyridine rings is 1. The minimum atomic E-state index is -0.475. The predicted molar refractivity (Wildman–Crippen MR) is 265 cm³/mol. The smallest absolute Gasteiger partial charge is 0.160 e. The molecule has 65 heavy (non-hydrogen) atoms. The summed E-state index contributed by atoms with van der Waals surface area (Å²) < 4.78 is 6.33. The molecule has 2 aliphatic rings. The maximum Gasteiger partial charge on any atom is 0.160 e. The van der Waals surface area contributed by atoms with Crippen LogP contribution in [0.5, 0.6) is 0 Å². The van der Waals surface area contributed by atoms with Crippen molar-refractivity contribution >= 4 is 55.4 Å². The number of fused-ring (bicyclic) bond motifs is 15. The third kappa shape index (κ3) is 5.30. The lowest BCUT2D eigenvalue weighted by Crippen LogP contribution is -2.32. The summed E-state index contributed by atoms with van der Waals surface area (Å²) in [7, 11) is 0. The van der Waals surface area contributed by atoms with Gasteiger partial charge in [0.15, 0.2) is 5.82 Å². The molecule has 0 fully saturated rings. The van der Waals surface area contributed by atoms with E-state index in [0.717, 1.165) is 77.6 Å². The van der Waals surface area contributed by atoms with Crippen LogP contribution in [0.1, 0.15) is 22.3 Å². The molecule has 0 saturated heterocycles. The fourth-order valence-electron chi connectivity index (χ4n) is 10.8. The standard InChI is InChI=1S/C60H35N3OS/c1-2-16-36(17-3-1)59-62-51(35-52(63-59)42-24-15-30-54-57(42)43-23-7-12-29-53(43)64-54)37-18-14-19-38(32-37)58-45-34-56-49(33-44(45)41-22-6-11-28-50(41)61-58)60(48-27-10-13-31-55(48)65-56)46-25-8-4-20-39(46)40-21-5-9-26-47(40)60/h1-35H. The topological polar surface area (TPSA) is 51.8 Å². The zero-order valence-electron chi connectivity index (χ0n) is 34.9. The van der Waals surface area contributed by atoms with Gasteiger partial charge in [0.2, 0.25) is 0 Å². The number of hydrogen-bond donors (Lipinski definition) is 0.